The third-order valence-electron chi connectivity index (χ3n) is 3.71. The Morgan fingerprint density at radius 1 is 0.333 bits per heavy atom. The zero-order chi connectivity index (χ0) is 19.3. The van der Waals surface area contributed by atoms with Gasteiger partial charge in [0.25, 0.3) is 0 Å². The van der Waals surface area contributed by atoms with Gasteiger partial charge in [-0.1, -0.05) is 0 Å². The smallest absolute Gasteiger partial charge is 0.163 e. The maximum Gasteiger partial charge on any atom is 2.00 e. The van der Waals surface area contributed by atoms with Crippen LogP contribution in [-0.2, 0) is 34.1 Å². The molecule has 0 aromatic heterocycles. The largest absolute Gasteiger partial charge is 2.00 e. The molecule has 20 radical (unpaired) electrons. The molecule has 4 saturated carbocycles. The van der Waals surface area contributed by atoms with Gasteiger partial charge >= 0.3 is 34.1 Å². The van der Waals surface area contributed by atoms with Crippen molar-refractivity contribution in [3.63, 3.8) is 0 Å². The monoisotopic (exact) mass is 476 g/mol. The Kier molecular flexibility index (Phi) is 16.0. The Balaban J connectivity index is 0.000000281. The van der Waals surface area contributed by atoms with Gasteiger partial charge in [0, 0.05) is 48.5 Å². The Morgan fingerprint density at radius 2 is 0.500 bits per heavy atom. The van der Waals surface area contributed by atoms with Crippen LogP contribution >= 0.6 is 0 Å². The molecule has 0 N–H and O–H groups in total. The van der Waals surface area contributed by atoms with E-state index in [0.717, 1.165) is 23.7 Å². The molecule has 6 heteroatoms. The van der Waals surface area contributed by atoms with E-state index < -0.39 is 0 Å². The maximum absolute atomic E-state index is 3.93. The molecular formula is C24H20Fe2N4+4. The molecule has 0 aromatic carbocycles. The Bertz CT molecular complexity index is 427. The first-order valence-corrected chi connectivity index (χ1v) is 8.90. The van der Waals surface area contributed by atoms with Gasteiger partial charge in [-0.05, 0) is 103 Å². The minimum atomic E-state index is 0. The van der Waals surface area contributed by atoms with E-state index in [-0.39, 0.29) is 34.1 Å². The average molecular weight is 476 g/mol. The van der Waals surface area contributed by atoms with Crippen LogP contribution < -0.4 is 0 Å². The number of hydrogen-bond acceptors (Lipinski definition) is 4. The van der Waals surface area contributed by atoms with E-state index in [1.165, 1.54) is 0 Å². The minimum absolute atomic E-state index is 0. The summed E-state index contributed by atoms with van der Waals surface area (Å²) >= 11 is 0. The van der Waals surface area contributed by atoms with Gasteiger partial charge in [0.15, 0.2) is 0 Å². The van der Waals surface area contributed by atoms with E-state index in [1.54, 1.807) is 24.9 Å². The fourth-order valence-electron chi connectivity index (χ4n) is 2.30. The van der Waals surface area contributed by atoms with Gasteiger partial charge in [0.2, 0.25) is 0 Å². The van der Waals surface area contributed by atoms with Crippen molar-refractivity contribution in [2.24, 2.45) is 20.4 Å². The van der Waals surface area contributed by atoms with Crippen LogP contribution in [0.2, 0.25) is 0 Å². The molecule has 148 valence electrons. The van der Waals surface area contributed by atoms with Gasteiger partial charge in [-0.25, -0.2) is 0 Å². The van der Waals surface area contributed by atoms with Crippen LogP contribution in [0.25, 0.3) is 0 Å². The second kappa shape index (κ2) is 17.3. The summed E-state index contributed by atoms with van der Waals surface area (Å²) < 4.78 is 0. The van der Waals surface area contributed by atoms with E-state index in [2.05, 4.69) is 20.4 Å². The third kappa shape index (κ3) is 11.4. The maximum atomic E-state index is 3.93. The molecule has 4 rings (SSSR count). The molecule has 4 aliphatic carbocycles. The predicted octanol–water partition coefficient (Wildman–Crippen LogP) is 3.70. The van der Waals surface area contributed by atoms with E-state index in [9.17, 15) is 0 Å². The summed E-state index contributed by atoms with van der Waals surface area (Å²) in [5.74, 6) is 4.30. The van der Waals surface area contributed by atoms with Crippen molar-refractivity contribution in [1.29, 1.82) is 0 Å². The number of nitrogens with zero attached hydrogens (tertiary/aromatic N) is 4. The average Bonchev–Trinajstić information content (AvgIpc) is 3.51. The minimum Gasteiger partial charge on any atom is -0.163 e. The summed E-state index contributed by atoms with van der Waals surface area (Å²) in [6, 6.07) is 0. The Hall–Kier alpha value is -0.281. The quantitative estimate of drug-likeness (QED) is 0.319. The van der Waals surface area contributed by atoms with Gasteiger partial charge in [-0.3, -0.25) is 0 Å². The summed E-state index contributed by atoms with van der Waals surface area (Å²) in [5, 5.41) is 15.7. The van der Waals surface area contributed by atoms with Crippen LogP contribution in [0.5, 0.6) is 0 Å². The van der Waals surface area contributed by atoms with Crippen molar-refractivity contribution in [1.82, 2.24) is 0 Å². The molecule has 4 nitrogen and oxygen atoms in total. The molecular weight excluding hydrogens is 456 g/mol. The van der Waals surface area contributed by atoms with E-state index in [0.29, 0.717) is 0 Å². The van der Waals surface area contributed by atoms with Crippen LogP contribution in [0.4, 0.5) is 0 Å². The molecule has 0 heterocycles. The Labute approximate surface area is 205 Å². The van der Waals surface area contributed by atoms with E-state index in [1.807, 2.05) is 103 Å². The molecule has 4 aliphatic rings. The van der Waals surface area contributed by atoms with Gasteiger partial charge in [0.05, 0.1) is 0 Å². The van der Waals surface area contributed by atoms with Gasteiger partial charge in [0.1, 0.15) is 0 Å². The SMILES string of the molecule is [CH]1[CH][CH][C](/C=N/N=C/[C]2[CH][CH][CH][CH]2)[CH]1.[CH]1[CH][CH][C](/C=N/N=C/[C]2[CH][CH][CH][CH]2)[CH]1.[Fe+2].[Fe+2]. The van der Waals surface area contributed by atoms with E-state index >= 15 is 0 Å². The van der Waals surface area contributed by atoms with Crippen LogP contribution in [0.1, 0.15) is 0 Å². The first-order valence-electron chi connectivity index (χ1n) is 8.90. The number of hydrogen-bond donors (Lipinski definition) is 0. The molecule has 0 aromatic rings. The molecule has 0 atom stereocenters. The van der Waals surface area contributed by atoms with Crippen LogP contribution in [0, 0.1) is 126 Å². The second-order valence-corrected chi connectivity index (χ2v) is 5.85. The van der Waals surface area contributed by atoms with Crippen molar-refractivity contribution in [2.45, 2.75) is 0 Å². The van der Waals surface area contributed by atoms with Gasteiger partial charge in [-0.2, -0.15) is 20.4 Å². The zero-order valence-electron chi connectivity index (χ0n) is 16.0. The fourth-order valence-corrected chi connectivity index (χ4v) is 2.30. The van der Waals surface area contributed by atoms with Crippen LogP contribution in [-0.4, -0.2) is 24.9 Å². The number of rotatable bonds is 6. The van der Waals surface area contributed by atoms with Crippen LogP contribution in [0.3, 0.4) is 0 Å². The normalized spacial score (nSPS) is 24.3. The first kappa shape index (κ1) is 27.8. The third-order valence-corrected chi connectivity index (χ3v) is 3.71. The van der Waals surface area contributed by atoms with Crippen LogP contribution in [0.15, 0.2) is 20.4 Å². The first-order chi connectivity index (χ1) is 13.9. The Morgan fingerprint density at radius 3 is 0.667 bits per heavy atom. The van der Waals surface area contributed by atoms with Gasteiger partial charge < -0.3 is 0 Å². The van der Waals surface area contributed by atoms with Gasteiger partial charge in [-0.15, -0.1) is 0 Å². The summed E-state index contributed by atoms with van der Waals surface area (Å²) in [5.41, 5.74) is 0. The molecule has 0 saturated heterocycles. The standard InChI is InChI=1S/2C12H10N2.2Fe/c2*1-2-6-11(5-1)9-13-14-10-12-7-3-4-8-12;;/h2*1-10H;;/q;;2*+2/b2*13-9+,14-10+;;. The van der Waals surface area contributed by atoms with Crippen molar-refractivity contribution in [3.8, 4) is 0 Å². The van der Waals surface area contributed by atoms with Crippen molar-refractivity contribution < 1.29 is 34.1 Å². The summed E-state index contributed by atoms with van der Waals surface area (Å²) in [7, 11) is 0. The van der Waals surface area contributed by atoms with Crippen molar-refractivity contribution in [2.75, 3.05) is 0 Å². The summed E-state index contributed by atoms with van der Waals surface area (Å²) in [6.07, 6.45) is 38.6. The zero-order valence-corrected chi connectivity index (χ0v) is 18.3. The molecule has 0 unspecified atom stereocenters. The van der Waals surface area contributed by atoms with Crippen molar-refractivity contribution in [3.05, 3.63) is 126 Å². The summed E-state index contributed by atoms with van der Waals surface area (Å²) in [6.45, 7) is 0. The van der Waals surface area contributed by atoms with Crippen molar-refractivity contribution >= 4 is 24.9 Å². The molecule has 0 amide bonds. The fraction of sp³-hybridized carbons (Fsp3) is 0. The molecule has 0 bridgehead atoms. The second-order valence-electron chi connectivity index (χ2n) is 5.85. The summed E-state index contributed by atoms with van der Waals surface area (Å²) in [4.78, 5) is 0. The predicted molar refractivity (Wildman–Crippen MR) is 116 cm³/mol. The molecule has 4 fully saturated rings. The molecule has 30 heavy (non-hydrogen) atoms. The topological polar surface area (TPSA) is 49.4 Å². The molecule has 0 spiro atoms. The van der Waals surface area contributed by atoms with E-state index in [4.69, 9.17) is 0 Å². The molecule has 0 aliphatic heterocycles.